The van der Waals surface area contributed by atoms with E-state index in [4.69, 9.17) is 4.74 Å². The predicted octanol–water partition coefficient (Wildman–Crippen LogP) is 5.44. The molecule has 1 aromatic heterocycles. The number of hydrogen-bond donors (Lipinski definition) is 0. The fourth-order valence-electron chi connectivity index (χ4n) is 3.24. The molecule has 0 spiro atoms. The molecule has 0 aliphatic carbocycles. The van der Waals surface area contributed by atoms with E-state index in [2.05, 4.69) is 78.4 Å². The van der Waals surface area contributed by atoms with Crippen molar-refractivity contribution < 1.29 is 4.74 Å². The lowest BCUT2D eigenvalue weighted by molar-refractivity contribution is 0.304. The van der Waals surface area contributed by atoms with Crippen LogP contribution in [0.2, 0.25) is 0 Å². The van der Waals surface area contributed by atoms with E-state index in [0.29, 0.717) is 6.61 Å². The van der Waals surface area contributed by atoms with Crippen LogP contribution in [0, 0.1) is 0 Å². The molecule has 0 aliphatic heterocycles. The summed E-state index contributed by atoms with van der Waals surface area (Å²) < 4.78 is 8.33. The van der Waals surface area contributed by atoms with Crippen molar-refractivity contribution >= 4 is 21.7 Å². The van der Waals surface area contributed by atoms with Crippen molar-refractivity contribution in [2.75, 3.05) is 6.61 Å². The smallest absolute Gasteiger partial charge is 0.127 e. The number of benzene rings is 3. The summed E-state index contributed by atoms with van der Waals surface area (Å²) in [6.07, 6.45) is 3.22. The molecule has 0 saturated heterocycles. The number of fused-ring (bicyclic) bond motifs is 2. The second-order valence-corrected chi connectivity index (χ2v) is 6.08. The lowest BCUT2D eigenvalue weighted by atomic mass is 10.1. The van der Waals surface area contributed by atoms with E-state index in [9.17, 15) is 0 Å². The van der Waals surface area contributed by atoms with Crippen LogP contribution in [-0.2, 0) is 13.0 Å². The molecule has 0 amide bonds. The van der Waals surface area contributed by atoms with Crippen LogP contribution in [0.3, 0.4) is 0 Å². The number of rotatable bonds is 5. The third-order valence-electron chi connectivity index (χ3n) is 4.58. The second-order valence-electron chi connectivity index (χ2n) is 6.08. The van der Waals surface area contributed by atoms with Crippen molar-refractivity contribution in [3.63, 3.8) is 0 Å². The van der Waals surface area contributed by atoms with Gasteiger partial charge in [-0.05, 0) is 47.0 Å². The summed E-state index contributed by atoms with van der Waals surface area (Å²) in [7, 11) is 0. The van der Waals surface area contributed by atoms with Crippen LogP contribution >= 0.6 is 0 Å². The van der Waals surface area contributed by atoms with Crippen molar-refractivity contribution in [3.8, 4) is 5.75 Å². The number of ether oxygens (including phenoxy) is 1. The number of hydrogen-bond acceptors (Lipinski definition) is 1. The van der Waals surface area contributed by atoms with Gasteiger partial charge in [0.05, 0.1) is 6.54 Å². The third-order valence-corrected chi connectivity index (χ3v) is 4.58. The summed E-state index contributed by atoms with van der Waals surface area (Å²) in [5.41, 5.74) is 2.65. The highest BCUT2D eigenvalue weighted by molar-refractivity contribution is 5.88. The topological polar surface area (TPSA) is 14.2 Å². The molecule has 0 N–H and O–H groups in total. The Balaban J connectivity index is 1.51. The summed E-state index contributed by atoms with van der Waals surface area (Å²) in [5, 5.41) is 3.69. The van der Waals surface area contributed by atoms with Gasteiger partial charge in [0.25, 0.3) is 0 Å². The van der Waals surface area contributed by atoms with Crippen molar-refractivity contribution in [1.82, 2.24) is 4.57 Å². The van der Waals surface area contributed by atoms with Crippen LogP contribution in [-0.4, -0.2) is 11.2 Å². The standard InChI is InChI=1S/C22H21NO/c1-2-17-10-11-21-19(16-17)12-13-23(21)14-15-24-22-9-5-7-18-6-3-4-8-20(18)22/h3-13,16H,2,14-15H2,1H3. The average Bonchev–Trinajstić information content (AvgIpc) is 3.04. The number of aryl methyl sites for hydroxylation is 1. The molecule has 0 bridgehead atoms. The zero-order valence-corrected chi connectivity index (χ0v) is 13.9. The molecule has 2 nitrogen and oxygen atoms in total. The van der Waals surface area contributed by atoms with Gasteiger partial charge >= 0.3 is 0 Å². The third kappa shape index (κ3) is 2.76. The second kappa shape index (κ2) is 6.40. The Hall–Kier alpha value is -2.74. The highest BCUT2D eigenvalue weighted by Gasteiger charge is 2.04. The molecule has 0 unspecified atom stereocenters. The van der Waals surface area contributed by atoms with Gasteiger partial charge in [-0.1, -0.05) is 49.4 Å². The van der Waals surface area contributed by atoms with Gasteiger partial charge in [-0.3, -0.25) is 0 Å². The molecular formula is C22H21NO. The van der Waals surface area contributed by atoms with Crippen LogP contribution in [0.4, 0.5) is 0 Å². The first kappa shape index (κ1) is 14.8. The molecule has 2 heteroatoms. The summed E-state index contributed by atoms with van der Waals surface area (Å²) in [6, 6.07) is 23.4. The molecule has 0 saturated carbocycles. The molecular weight excluding hydrogens is 294 g/mol. The van der Waals surface area contributed by atoms with Crippen molar-refractivity contribution in [2.45, 2.75) is 19.9 Å². The summed E-state index contributed by atoms with van der Waals surface area (Å²) >= 11 is 0. The molecule has 0 atom stereocenters. The highest BCUT2D eigenvalue weighted by atomic mass is 16.5. The Kier molecular flexibility index (Phi) is 3.96. The van der Waals surface area contributed by atoms with Crippen LogP contribution in [0.25, 0.3) is 21.7 Å². The first-order chi connectivity index (χ1) is 11.8. The Labute approximate surface area is 142 Å². The van der Waals surface area contributed by atoms with E-state index in [-0.39, 0.29) is 0 Å². The van der Waals surface area contributed by atoms with E-state index in [1.54, 1.807) is 0 Å². The van der Waals surface area contributed by atoms with E-state index in [1.165, 1.54) is 27.2 Å². The molecule has 1 heterocycles. The predicted molar refractivity (Wildman–Crippen MR) is 101 cm³/mol. The van der Waals surface area contributed by atoms with Crippen LogP contribution in [0.15, 0.2) is 72.9 Å². The quantitative estimate of drug-likeness (QED) is 0.478. The molecule has 0 radical (unpaired) electrons. The van der Waals surface area contributed by atoms with Gasteiger partial charge in [-0.25, -0.2) is 0 Å². The minimum absolute atomic E-state index is 0.660. The molecule has 4 rings (SSSR count). The number of nitrogens with zero attached hydrogens (tertiary/aromatic N) is 1. The van der Waals surface area contributed by atoms with Crippen molar-refractivity contribution in [3.05, 3.63) is 78.5 Å². The zero-order valence-electron chi connectivity index (χ0n) is 13.9. The normalized spacial score (nSPS) is 11.2. The Morgan fingerprint density at radius 2 is 1.75 bits per heavy atom. The van der Waals surface area contributed by atoms with E-state index in [1.807, 2.05) is 6.07 Å². The van der Waals surface area contributed by atoms with Crippen LogP contribution in [0.1, 0.15) is 12.5 Å². The molecule has 4 aromatic rings. The van der Waals surface area contributed by atoms with Gasteiger partial charge in [-0.2, -0.15) is 0 Å². The average molecular weight is 315 g/mol. The summed E-state index contributed by atoms with van der Waals surface area (Å²) in [6.45, 7) is 3.70. The zero-order chi connectivity index (χ0) is 16.4. The lowest BCUT2D eigenvalue weighted by Gasteiger charge is -2.11. The first-order valence-corrected chi connectivity index (χ1v) is 8.53. The van der Waals surface area contributed by atoms with Crippen molar-refractivity contribution in [1.29, 1.82) is 0 Å². The van der Waals surface area contributed by atoms with Crippen LogP contribution in [0.5, 0.6) is 5.75 Å². The summed E-state index contributed by atoms with van der Waals surface area (Å²) in [5.74, 6) is 0.956. The fraction of sp³-hybridized carbons (Fsp3) is 0.182. The Morgan fingerprint density at radius 1 is 0.875 bits per heavy atom. The number of aromatic nitrogens is 1. The minimum Gasteiger partial charge on any atom is -0.491 e. The monoisotopic (exact) mass is 315 g/mol. The molecule has 3 aromatic carbocycles. The maximum absolute atomic E-state index is 6.07. The van der Waals surface area contributed by atoms with Gasteiger partial charge in [0, 0.05) is 17.1 Å². The first-order valence-electron chi connectivity index (χ1n) is 8.53. The van der Waals surface area contributed by atoms with E-state index in [0.717, 1.165) is 18.7 Å². The van der Waals surface area contributed by atoms with Gasteiger partial charge in [0.2, 0.25) is 0 Å². The van der Waals surface area contributed by atoms with Gasteiger partial charge < -0.3 is 9.30 Å². The molecule has 0 aliphatic rings. The Bertz CT molecular complexity index is 978. The van der Waals surface area contributed by atoms with Crippen molar-refractivity contribution in [2.24, 2.45) is 0 Å². The minimum atomic E-state index is 0.660. The largest absolute Gasteiger partial charge is 0.491 e. The molecule has 24 heavy (non-hydrogen) atoms. The summed E-state index contributed by atoms with van der Waals surface area (Å²) in [4.78, 5) is 0. The fourth-order valence-corrected chi connectivity index (χ4v) is 3.24. The van der Waals surface area contributed by atoms with Gasteiger partial charge in [0.1, 0.15) is 12.4 Å². The maximum atomic E-state index is 6.07. The SMILES string of the molecule is CCc1ccc2c(ccn2CCOc2cccc3ccccc23)c1. The Morgan fingerprint density at radius 3 is 2.67 bits per heavy atom. The van der Waals surface area contributed by atoms with Gasteiger partial charge in [0.15, 0.2) is 0 Å². The molecule has 0 fully saturated rings. The van der Waals surface area contributed by atoms with E-state index >= 15 is 0 Å². The highest BCUT2D eigenvalue weighted by Crippen LogP contribution is 2.25. The molecule has 120 valence electrons. The maximum Gasteiger partial charge on any atom is 0.127 e. The van der Waals surface area contributed by atoms with Crippen LogP contribution < -0.4 is 4.74 Å². The van der Waals surface area contributed by atoms with Gasteiger partial charge in [-0.15, -0.1) is 0 Å². The lowest BCUT2D eigenvalue weighted by Crippen LogP contribution is -2.07. The van der Waals surface area contributed by atoms with E-state index < -0.39 is 0 Å².